The lowest BCUT2D eigenvalue weighted by Crippen LogP contribution is -2.24. The molecule has 0 heterocycles. The van der Waals surface area contributed by atoms with Crippen LogP contribution >= 0.6 is 11.6 Å². The van der Waals surface area contributed by atoms with E-state index in [1.165, 1.54) is 0 Å². The van der Waals surface area contributed by atoms with Crippen LogP contribution in [0.3, 0.4) is 0 Å². The smallest absolute Gasteiger partial charge is 0.154 e. The van der Waals surface area contributed by atoms with Gasteiger partial charge in [-0.25, -0.2) is 0 Å². The van der Waals surface area contributed by atoms with E-state index < -0.39 is 6.23 Å². The van der Waals surface area contributed by atoms with Gasteiger partial charge in [0, 0.05) is 43.1 Å². The lowest BCUT2D eigenvalue weighted by atomic mass is 10.0. The van der Waals surface area contributed by atoms with Gasteiger partial charge in [0.25, 0.3) is 0 Å². The Morgan fingerprint density at radius 1 is 0.969 bits per heavy atom. The summed E-state index contributed by atoms with van der Waals surface area (Å²) >= 11 is 6.59. The molecule has 0 aliphatic heterocycles. The van der Waals surface area contributed by atoms with Crippen molar-refractivity contribution in [2.75, 3.05) is 38.1 Å². The number of benzene rings is 3. The third kappa shape index (κ3) is 5.52. The first-order valence-corrected chi connectivity index (χ1v) is 10.7. The van der Waals surface area contributed by atoms with Gasteiger partial charge in [-0.2, -0.15) is 0 Å². The van der Waals surface area contributed by atoms with Crippen LogP contribution in [0.1, 0.15) is 17.4 Å². The van der Waals surface area contributed by atoms with Gasteiger partial charge in [0.05, 0.1) is 7.11 Å². The Bertz CT molecular complexity index is 1110. The molecule has 1 unspecified atom stereocenters. The van der Waals surface area contributed by atoms with Gasteiger partial charge in [0.1, 0.15) is 5.76 Å². The Hall–Kier alpha value is -3.21. The van der Waals surface area contributed by atoms with Crippen molar-refractivity contribution in [2.45, 2.75) is 6.23 Å². The highest BCUT2D eigenvalue weighted by Crippen LogP contribution is 2.33. The highest BCUT2D eigenvalue weighted by Gasteiger charge is 2.18. The van der Waals surface area contributed by atoms with E-state index in [-0.39, 0.29) is 0 Å². The average Bonchev–Trinajstić information content (AvgIpc) is 2.81. The molecule has 0 aliphatic rings. The van der Waals surface area contributed by atoms with Crippen LogP contribution in [0.4, 0.5) is 11.4 Å². The molecule has 32 heavy (non-hydrogen) atoms. The van der Waals surface area contributed by atoms with Crippen molar-refractivity contribution in [1.82, 2.24) is 0 Å². The molecule has 1 atom stereocenters. The van der Waals surface area contributed by atoms with Gasteiger partial charge in [-0.3, -0.25) is 0 Å². The van der Waals surface area contributed by atoms with Crippen molar-refractivity contribution in [1.29, 1.82) is 0 Å². The molecule has 5 heteroatoms. The Morgan fingerprint density at radius 2 is 1.66 bits per heavy atom. The number of hydrogen-bond donors (Lipinski definition) is 1. The zero-order valence-corrected chi connectivity index (χ0v) is 19.7. The quantitative estimate of drug-likeness (QED) is 0.246. The van der Waals surface area contributed by atoms with Crippen molar-refractivity contribution >= 4 is 29.1 Å². The van der Waals surface area contributed by atoms with E-state index in [1.807, 2.05) is 69.7 Å². The molecule has 4 nitrogen and oxygen atoms in total. The zero-order valence-electron chi connectivity index (χ0n) is 18.9. The number of halogens is 1. The molecule has 0 saturated carbocycles. The largest absolute Gasteiger partial charge is 0.497 e. The molecule has 0 radical (unpaired) electrons. The fourth-order valence-corrected chi connectivity index (χ4v) is 3.60. The first-order valence-electron chi connectivity index (χ1n) is 10.3. The Balaban J connectivity index is 1.81. The lowest BCUT2D eigenvalue weighted by Gasteiger charge is -2.27. The lowest BCUT2D eigenvalue weighted by molar-refractivity contribution is 0.178. The van der Waals surface area contributed by atoms with Crippen molar-refractivity contribution in [3.63, 3.8) is 0 Å². The second kappa shape index (κ2) is 10.4. The maximum absolute atomic E-state index is 11.0. The number of ether oxygens (including phenoxy) is 1. The van der Waals surface area contributed by atoms with Crippen LogP contribution < -0.4 is 9.80 Å². The van der Waals surface area contributed by atoms with Gasteiger partial charge in [-0.1, -0.05) is 60.7 Å². The molecule has 166 valence electrons. The molecule has 0 aliphatic carbocycles. The molecule has 0 amide bonds. The maximum atomic E-state index is 11.0. The Kier molecular flexibility index (Phi) is 7.62. The van der Waals surface area contributed by atoms with Gasteiger partial charge in [0.2, 0.25) is 0 Å². The van der Waals surface area contributed by atoms with Gasteiger partial charge in [-0.15, -0.1) is 0 Å². The average molecular weight is 449 g/mol. The third-order valence-electron chi connectivity index (χ3n) is 5.36. The van der Waals surface area contributed by atoms with E-state index >= 15 is 0 Å². The van der Waals surface area contributed by atoms with E-state index in [1.54, 1.807) is 18.1 Å². The third-order valence-corrected chi connectivity index (χ3v) is 5.69. The molecular weight excluding hydrogens is 420 g/mol. The number of anilines is 2. The van der Waals surface area contributed by atoms with E-state index in [9.17, 15) is 5.11 Å². The van der Waals surface area contributed by atoms with E-state index in [4.69, 9.17) is 16.3 Å². The molecule has 0 fully saturated rings. The Labute approximate surface area is 195 Å². The minimum Gasteiger partial charge on any atom is -0.497 e. The zero-order chi connectivity index (χ0) is 23.3. The summed E-state index contributed by atoms with van der Waals surface area (Å²) in [5, 5.41) is 11.5. The molecule has 0 saturated heterocycles. The summed E-state index contributed by atoms with van der Waals surface area (Å²) in [5.41, 5.74) is 5.70. The van der Waals surface area contributed by atoms with Crippen molar-refractivity contribution in [3.8, 4) is 11.1 Å². The number of aliphatic hydroxyl groups is 1. The van der Waals surface area contributed by atoms with Gasteiger partial charge in [-0.05, 0) is 53.1 Å². The molecule has 0 spiro atoms. The second-order valence-corrected chi connectivity index (χ2v) is 8.17. The Morgan fingerprint density at radius 3 is 2.28 bits per heavy atom. The molecule has 0 aromatic heterocycles. The van der Waals surface area contributed by atoms with Crippen LogP contribution in [0.2, 0.25) is 5.02 Å². The summed E-state index contributed by atoms with van der Waals surface area (Å²) in [6.07, 6.45) is 2.83. The maximum Gasteiger partial charge on any atom is 0.154 e. The normalized spacial score (nSPS) is 11.9. The van der Waals surface area contributed by atoms with E-state index in [0.717, 1.165) is 28.1 Å². The predicted octanol–water partition coefficient (Wildman–Crippen LogP) is 6.37. The van der Waals surface area contributed by atoms with Gasteiger partial charge >= 0.3 is 0 Å². The number of rotatable bonds is 8. The summed E-state index contributed by atoms with van der Waals surface area (Å²) in [6.45, 7) is 3.79. The number of methoxy groups -OCH3 is 1. The summed E-state index contributed by atoms with van der Waals surface area (Å²) in [4.78, 5) is 3.85. The van der Waals surface area contributed by atoms with Crippen LogP contribution in [-0.4, -0.2) is 33.4 Å². The molecule has 0 bridgehead atoms. The van der Waals surface area contributed by atoms with Crippen LogP contribution in [-0.2, 0) is 4.74 Å². The molecule has 3 aromatic rings. The SMILES string of the molecule is C=C(/C=C/c1cccc(N(C)C(O)c2ccc(-c3ccc(N(C)C)cc3)cc2Cl)c1)OC. The van der Waals surface area contributed by atoms with E-state index in [0.29, 0.717) is 16.3 Å². The minimum absolute atomic E-state index is 0.519. The second-order valence-electron chi connectivity index (χ2n) is 7.76. The minimum atomic E-state index is -0.888. The molecule has 3 rings (SSSR count). The van der Waals surface area contributed by atoms with Crippen molar-refractivity contribution in [2.24, 2.45) is 0 Å². The van der Waals surface area contributed by atoms with Gasteiger partial charge < -0.3 is 19.6 Å². The predicted molar refractivity (Wildman–Crippen MR) is 136 cm³/mol. The molecule has 1 N–H and O–H groups in total. The number of aliphatic hydroxyl groups excluding tert-OH is 1. The summed E-state index contributed by atoms with van der Waals surface area (Å²) in [6, 6.07) is 21.9. The monoisotopic (exact) mass is 448 g/mol. The fourth-order valence-electron chi connectivity index (χ4n) is 3.32. The number of allylic oxidation sites excluding steroid dienone is 1. The number of nitrogens with zero attached hydrogens (tertiary/aromatic N) is 2. The first kappa shape index (κ1) is 23.5. The summed E-state index contributed by atoms with van der Waals surface area (Å²) < 4.78 is 5.07. The standard InChI is InChI=1S/C27H29ClN2O2/c1-19(32-5)9-10-20-7-6-8-24(17-20)30(4)27(31)25-16-13-22(18-26(25)28)21-11-14-23(15-12-21)29(2)3/h6-18,27,31H,1H2,2-5H3/b10-9+. The van der Waals surface area contributed by atoms with Crippen LogP contribution in [0.15, 0.2) is 85.1 Å². The van der Waals surface area contributed by atoms with E-state index in [2.05, 4.69) is 35.7 Å². The van der Waals surface area contributed by atoms with Crippen LogP contribution in [0, 0.1) is 0 Å². The molecular formula is C27H29ClN2O2. The fraction of sp³-hybridized carbons (Fsp3) is 0.185. The number of hydrogen-bond acceptors (Lipinski definition) is 4. The summed E-state index contributed by atoms with van der Waals surface area (Å²) in [5.74, 6) is 0.576. The van der Waals surface area contributed by atoms with Crippen LogP contribution in [0.25, 0.3) is 17.2 Å². The van der Waals surface area contributed by atoms with Crippen molar-refractivity contribution < 1.29 is 9.84 Å². The van der Waals surface area contributed by atoms with Gasteiger partial charge in [0.15, 0.2) is 6.23 Å². The highest BCUT2D eigenvalue weighted by atomic mass is 35.5. The summed E-state index contributed by atoms with van der Waals surface area (Å²) in [7, 11) is 7.45. The molecule has 3 aromatic carbocycles. The van der Waals surface area contributed by atoms with Crippen molar-refractivity contribution in [3.05, 3.63) is 101 Å². The van der Waals surface area contributed by atoms with Crippen LogP contribution in [0.5, 0.6) is 0 Å². The highest BCUT2D eigenvalue weighted by molar-refractivity contribution is 6.31. The first-order chi connectivity index (χ1) is 15.3. The topological polar surface area (TPSA) is 35.9 Å².